The van der Waals surface area contributed by atoms with Crippen molar-refractivity contribution in [3.63, 3.8) is 0 Å². The minimum atomic E-state index is 0.677. The molecule has 0 amide bonds. The number of benzene rings is 1. The molecule has 0 aliphatic heterocycles. The predicted octanol–water partition coefficient (Wildman–Crippen LogP) is 2.52. The van der Waals surface area contributed by atoms with E-state index in [0.717, 1.165) is 22.5 Å². The molecule has 0 atom stereocenters. The third kappa shape index (κ3) is 2.35. The molecule has 0 unspecified atom stereocenters. The first-order valence-electron chi connectivity index (χ1n) is 5.84. The van der Waals surface area contributed by atoms with Crippen LogP contribution >= 0.6 is 0 Å². The fourth-order valence-electron chi connectivity index (χ4n) is 2.00. The number of nitriles is 1. The van der Waals surface area contributed by atoms with Crippen molar-refractivity contribution < 1.29 is 0 Å². The largest absolute Gasteiger partial charge is 0.380 e. The van der Waals surface area contributed by atoms with Crippen molar-refractivity contribution >= 4 is 5.69 Å². The number of anilines is 1. The van der Waals surface area contributed by atoms with Gasteiger partial charge < -0.3 is 5.32 Å². The first-order chi connectivity index (χ1) is 8.61. The molecule has 0 aliphatic rings. The van der Waals surface area contributed by atoms with Crippen LogP contribution in [0.15, 0.2) is 24.4 Å². The van der Waals surface area contributed by atoms with Crippen LogP contribution in [-0.4, -0.2) is 9.78 Å². The molecule has 0 saturated carbocycles. The lowest BCUT2D eigenvalue weighted by atomic mass is 10.1. The summed E-state index contributed by atoms with van der Waals surface area (Å²) >= 11 is 0. The van der Waals surface area contributed by atoms with E-state index in [9.17, 15) is 0 Å². The van der Waals surface area contributed by atoms with Gasteiger partial charge in [0.2, 0.25) is 0 Å². The Hall–Kier alpha value is -2.28. The third-order valence-electron chi connectivity index (χ3n) is 2.96. The van der Waals surface area contributed by atoms with Crippen LogP contribution in [0.1, 0.15) is 22.4 Å². The lowest BCUT2D eigenvalue weighted by Gasteiger charge is -2.10. The highest BCUT2D eigenvalue weighted by Crippen LogP contribution is 2.20. The highest BCUT2D eigenvalue weighted by Gasteiger charge is 2.07. The highest BCUT2D eigenvalue weighted by atomic mass is 15.2. The van der Waals surface area contributed by atoms with Crippen molar-refractivity contribution in [1.29, 1.82) is 5.26 Å². The van der Waals surface area contributed by atoms with Crippen LogP contribution in [0.4, 0.5) is 5.69 Å². The summed E-state index contributed by atoms with van der Waals surface area (Å²) < 4.78 is 1.80. The first kappa shape index (κ1) is 12.2. The lowest BCUT2D eigenvalue weighted by Crippen LogP contribution is -2.03. The van der Waals surface area contributed by atoms with E-state index in [0.29, 0.717) is 12.1 Å². The van der Waals surface area contributed by atoms with E-state index in [1.54, 1.807) is 4.68 Å². The van der Waals surface area contributed by atoms with Crippen molar-refractivity contribution in [2.75, 3.05) is 5.32 Å². The molecule has 0 radical (unpaired) electrons. The first-order valence-corrected chi connectivity index (χ1v) is 5.84. The van der Waals surface area contributed by atoms with E-state index in [1.165, 1.54) is 0 Å². The van der Waals surface area contributed by atoms with Crippen molar-refractivity contribution in [3.8, 4) is 6.07 Å². The van der Waals surface area contributed by atoms with Crippen LogP contribution < -0.4 is 5.32 Å². The van der Waals surface area contributed by atoms with Gasteiger partial charge in [-0.25, -0.2) is 0 Å². The Morgan fingerprint density at radius 3 is 2.78 bits per heavy atom. The molecular formula is C14H16N4. The molecule has 2 rings (SSSR count). The van der Waals surface area contributed by atoms with Gasteiger partial charge in [-0.2, -0.15) is 10.4 Å². The van der Waals surface area contributed by atoms with Gasteiger partial charge in [0.15, 0.2) is 0 Å². The van der Waals surface area contributed by atoms with Crippen LogP contribution in [0.5, 0.6) is 0 Å². The second-order valence-electron chi connectivity index (χ2n) is 4.38. The maximum Gasteiger partial charge on any atom is 0.101 e. The second kappa shape index (κ2) is 4.92. The minimum Gasteiger partial charge on any atom is -0.380 e. The smallest absolute Gasteiger partial charge is 0.101 e. The fourth-order valence-corrected chi connectivity index (χ4v) is 2.00. The molecule has 1 aromatic carbocycles. The van der Waals surface area contributed by atoms with Crippen molar-refractivity contribution in [1.82, 2.24) is 9.78 Å². The standard InChI is InChI=1S/C14H16N4/c1-10-5-4-6-12(7-15)14(10)16-8-13-9-18(3)17-11(13)2/h4-6,9,16H,8H2,1-3H3. The van der Waals surface area contributed by atoms with E-state index in [2.05, 4.69) is 16.5 Å². The minimum absolute atomic E-state index is 0.677. The van der Waals surface area contributed by atoms with Gasteiger partial charge in [-0.05, 0) is 25.5 Å². The van der Waals surface area contributed by atoms with Gasteiger partial charge in [0.1, 0.15) is 6.07 Å². The van der Waals surface area contributed by atoms with E-state index >= 15 is 0 Å². The maximum atomic E-state index is 9.09. The molecular weight excluding hydrogens is 224 g/mol. The van der Waals surface area contributed by atoms with Crippen LogP contribution in [-0.2, 0) is 13.6 Å². The summed E-state index contributed by atoms with van der Waals surface area (Å²) in [6.45, 7) is 4.67. The van der Waals surface area contributed by atoms with Crippen LogP contribution in [0.3, 0.4) is 0 Å². The zero-order valence-corrected chi connectivity index (χ0v) is 10.9. The summed E-state index contributed by atoms with van der Waals surface area (Å²) in [5.41, 5.74) is 4.82. The zero-order valence-electron chi connectivity index (χ0n) is 10.9. The molecule has 1 aromatic heterocycles. The molecule has 0 spiro atoms. The van der Waals surface area contributed by atoms with Crippen molar-refractivity contribution in [3.05, 3.63) is 46.8 Å². The normalized spacial score (nSPS) is 10.1. The molecule has 0 saturated heterocycles. The molecule has 18 heavy (non-hydrogen) atoms. The fraction of sp³-hybridized carbons (Fsp3) is 0.286. The molecule has 0 aliphatic carbocycles. The molecule has 92 valence electrons. The summed E-state index contributed by atoms with van der Waals surface area (Å²) in [6, 6.07) is 7.93. The van der Waals surface area contributed by atoms with Crippen LogP contribution in [0.25, 0.3) is 0 Å². The monoisotopic (exact) mass is 240 g/mol. The second-order valence-corrected chi connectivity index (χ2v) is 4.38. The Morgan fingerprint density at radius 1 is 1.39 bits per heavy atom. The average Bonchev–Trinajstić information content (AvgIpc) is 2.66. The average molecular weight is 240 g/mol. The van der Waals surface area contributed by atoms with Crippen LogP contribution in [0, 0.1) is 25.2 Å². The molecule has 2 aromatic rings. The Bertz CT molecular complexity index is 605. The number of rotatable bonds is 3. The van der Waals surface area contributed by atoms with Gasteiger partial charge in [0, 0.05) is 25.4 Å². The topological polar surface area (TPSA) is 53.6 Å². The Labute approximate surface area is 107 Å². The number of nitrogens with zero attached hydrogens (tertiary/aromatic N) is 3. The van der Waals surface area contributed by atoms with Crippen molar-refractivity contribution in [2.24, 2.45) is 7.05 Å². The number of para-hydroxylation sites is 1. The van der Waals surface area contributed by atoms with Gasteiger partial charge in [0.25, 0.3) is 0 Å². The van der Waals surface area contributed by atoms with Gasteiger partial charge in [-0.3, -0.25) is 4.68 Å². The number of hydrogen-bond donors (Lipinski definition) is 1. The van der Waals surface area contributed by atoms with Gasteiger partial charge >= 0.3 is 0 Å². The van der Waals surface area contributed by atoms with Gasteiger partial charge in [-0.15, -0.1) is 0 Å². The number of aryl methyl sites for hydroxylation is 3. The zero-order chi connectivity index (χ0) is 13.1. The Kier molecular flexibility index (Phi) is 3.33. The Morgan fingerprint density at radius 2 is 2.17 bits per heavy atom. The molecule has 4 nitrogen and oxygen atoms in total. The molecule has 0 fully saturated rings. The number of hydrogen-bond acceptors (Lipinski definition) is 3. The molecule has 1 N–H and O–H groups in total. The number of nitrogens with one attached hydrogen (secondary N) is 1. The van der Waals surface area contributed by atoms with E-state index < -0.39 is 0 Å². The lowest BCUT2D eigenvalue weighted by molar-refractivity contribution is 0.756. The third-order valence-corrected chi connectivity index (χ3v) is 2.96. The SMILES string of the molecule is Cc1cccc(C#N)c1NCc1cn(C)nc1C. The highest BCUT2D eigenvalue weighted by molar-refractivity contribution is 5.62. The van der Waals surface area contributed by atoms with Crippen LogP contribution in [0.2, 0.25) is 0 Å². The molecule has 4 heteroatoms. The molecule has 1 heterocycles. The summed E-state index contributed by atoms with van der Waals surface area (Å²) in [6.07, 6.45) is 1.99. The summed E-state index contributed by atoms with van der Waals surface area (Å²) in [7, 11) is 1.91. The number of aromatic nitrogens is 2. The van der Waals surface area contributed by atoms with Gasteiger partial charge in [-0.1, -0.05) is 12.1 Å². The summed E-state index contributed by atoms with van der Waals surface area (Å²) in [5, 5.41) is 16.7. The van der Waals surface area contributed by atoms with Crippen molar-refractivity contribution in [2.45, 2.75) is 20.4 Å². The van der Waals surface area contributed by atoms with E-state index in [1.807, 2.05) is 45.3 Å². The quantitative estimate of drug-likeness (QED) is 0.896. The summed E-state index contributed by atoms with van der Waals surface area (Å²) in [4.78, 5) is 0. The summed E-state index contributed by atoms with van der Waals surface area (Å²) in [5.74, 6) is 0. The van der Waals surface area contributed by atoms with E-state index in [4.69, 9.17) is 5.26 Å². The molecule has 0 bridgehead atoms. The predicted molar refractivity (Wildman–Crippen MR) is 71.2 cm³/mol. The Balaban J connectivity index is 2.21. The maximum absolute atomic E-state index is 9.09. The van der Waals surface area contributed by atoms with Gasteiger partial charge in [0.05, 0.1) is 16.9 Å². The van der Waals surface area contributed by atoms with E-state index in [-0.39, 0.29) is 0 Å².